The van der Waals surface area contributed by atoms with Crippen LogP contribution >= 0.6 is 0 Å². The average Bonchev–Trinajstić information content (AvgIpc) is 2.51. The number of allylic oxidation sites excluding steroid dienone is 4. The first-order chi connectivity index (χ1) is 8.09. The van der Waals surface area contributed by atoms with Crippen LogP contribution in [0.3, 0.4) is 0 Å². The molecule has 0 aromatic carbocycles. The van der Waals surface area contributed by atoms with Crippen LogP contribution in [0.25, 0.3) is 17.2 Å². The number of hydrogen-bond donors (Lipinski definition) is 0. The van der Waals surface area contributed by atoms with E-state index in [9.17, 15) is 0 Å². The quantitative estimate of drug-likeness (QED) is 0.547. The van der Waals surface area contributed by atoms with Gasteiger partial charge < -0.3 is 17.2 Å². The van der Waals surface area contributed by atoms with Gasteiger partial charge in [0, 0.05) is 0 Å². The fourth-order valence-corrected chi connectivity index (χ4v) is 0.735. The van der Waals surface area contributed by atoms with Gasteiger partial charge in [0.2, 0.25) is 0 Å². The molecule has 0 saturated carbocycles. The Morgan fingerprint density at radius 3 is 1.22 bits per heavy atom. The third-order valence-electron chi connectivity index (χ3n) is 0.752. The monoisotopic (exact) mass is 290 g/mol. The van der Waals surface area contributed by atoms with Crippen LogP contribution in [0, 0.1) is 0 Å². The molecule has 0 aromatic rings. The fraction of sp³-hybridized carbons (Fsp3) is 0.714. The van der Waals surface area contributed by atoms with E-state index in [0.29, 0.717) is 0 Å². The van der Waals surface area contributed by atoms with Crippen molar-refractivity contribution in [2.45, 2.75) is 66.1 Å². The summed E-state index contributed by atoms with van der Waals surface area (Å²) in [7, 11) is 0. The minimum atomic E-state index is 0.0833. The molecule has 1 aliphatic carbocycles. The normalized spacial score (nSPS) is 12.2. The zero-order valence-electron chi connectivity index (χ0n) is 12.6. The molecule has 0 fully saturated rings. The van der Waals surface area contributed by atoms with Crippen molar-refractivity contribution in [1.29, 1.82) is 0 Å². The maximum absolute atomic E-state index is 6.58. The summed E-state index contributed by atoms with van der Waals surface area (Å²) in [6.45, 7) is 11.0. The number of nitrogens with one attached hydrogen (secondary N) is 3. The Labute approximate surface area is 123 Å². The van der Waals surface area contributed by atoms with Gasteiger partial charge in [-0.25, -0.2) is 0 Å². The molecule has 0 aromatic heterocycles. The number of hydrogen-bond acceptors (Lipinski definition) is 0. The molecule has 0 heterocycles. The van der Waals surface area contributed by atoms with Crippen LogP contribution in [0.2, 0.25) is 0 Å². The van der Waals surface area contributed by atoms with Crippen LogP contribution in [0.5, 0.6) is 0 Å². The van der Waals surface area contributed by atoms with Crippen LogP contribution in [0.15, 0.2) is 22.5 Å². The van der Waals surface area contributed by atoms with Gasteiger partial charge in [-0.1, -0.05) is 41.5 Å². The van der Waals surface area contributed by atoms with Crippen molar-refractivity contribution in [3.05, 3.63) is 39.7 Å². The molecule has 0 amide bonds. The first-order valence-electron chi connectivity index (χ1n) is 6.27. The molecule has 0 saturated heterocycles. The molecule has 0 radical (unpaired) electrons. The Bertz CT molecular complexity index is 187. The van der Waals surface area contributed by atoms with Crippen LogP contribution in [0.1, 0.15) is 48.0 Å². The van der Waals surface area contributed by atoms with Gasteiger partial charge in [-0.05, 0) is 0 Å². The third-order valence-corrected chi connectivity index (χ3v) is 1.27. The van der Waals surface area contributed by atoms with Crippen molar-refractivity contribution >= 4 is 0 Å². The molecule has 0 unspecified atom stereocenters. The van der Waals surface area contributed by atoms with Gasteiger partial charge >= 0.3 is 46.4 Å². The summed E-state index contributed by atoms with van der Waals surface area (Å²) in [6.07, 6.45) is 7.47. The van der Waals surface area contributed by atoms with E-state index in [1.807, 2.05) is 41.5 Å². The molecular weight excluding hydrogens is 261 g/mol. The molecule has 4 heteroatoms. The Kier molecular flexibility index (Phi) is 21.7. The molecular formula is C14H29N3V. The number of rotatable bonds is 0. The van der Waals surface area contributed by atoms with E-state index in [2.05, 4.69) is 35.7 Å². The van der Waals surface area contributed by atoms with E-state index >= 15 is 0 Å². The van der Waals surface area contributed by atoms with Crippen molar-refractivity contribution in [3.63, 3.8) is 0 Å². The van der Waals surface area contributed by atoms with E-state index in [4.69, 9.17) is 17.2 Å². The van der Waals surface area contributed by atoms with E-state index in [-0.39, 0.29) is 18.1 Å². The fourth-order valence-electron chi connectivity index (χ4n) is 0.436. The van der Waals surface area contributed by atoms with Crippen molar-refractivity contribution in [3.8, 4) is 0 Å². The van der Waals surface area contributed by atoms with Gasteiger partial charge in [-0.3, -0.25) is 0 Å². The zero-order valence-corrected chi connectivity index (χ0v) is 14.0. The van der Waals surface area contributed by atoms with E-state index in [0.717, 1.165) is 6.42 Å². The van der Waals surface area contributed by atoms with Crippen molar-refractivity contribution in [2.75, 3.05) is 0 Å². The van der Waals surface area contributed by atoms with Gasteiger partial charge in [0.15, 0.2) is 0 Å². The van der Waals surface area contributed by atoms with Crippen LogP contribution < -0.4 is 0 Å². The first-order valence-corrected chi connectivity index (χ1v) is 6.97. The minimum absolute atomic E-state index is 0.0833. The summed E-state index contributed by atoms with van der Waals surface area (Å²) in [5.74, 6) is 0. The third kappa shape index (κ3) is 73.8. The van der Waals surface area contributed by atoms with E-state index in [1.165, 1.54) is 4.28 Å². The SMILES string of the molecule is CC(C)[NH-].CC(C)[NH-].CC(C)[NH-].[V+3][C]1=CC=CC1. The summed E-state index contributed by atoms with van der Waals surface area (Å²) >= 11 is 2.54. The predicted molar refractivity (Wildman–Crippen MR) is 80.2 cm³/mol. The van der Waals surface area contributed by atoms with Crippen LogP contribution in [-0.2, 0) is 17.4 Å². The predicted octanol–water partition coefficient (Wildman–Crippen LogP) is 5.72. The Hall–Kier alpha value is -0.0556. The molecule has 1 rings (SSSR count). The molecule has 0 spiro atoms. The van der Waals surface area contributed by atoms with Crippen LogP contribution in [-0.4, -0.2) is 18.1 Å². The Balaban J connectivity index is -0.000000171. The molecule has 3 N–H and O–H groups in total. The van der Waals surface area contributed by atoms with Gasteiger partial charge in [0.05, 0.1) is 0 Å². The standard InChI is InChI=1S/C5H5.3C3H8N.V/c1-2-4-5-3-1;3*1-3(2)4;/h1-3H,4H2;3*3-4H,1-2H3;/q;3*-1;+3. The topological polar surface area (TPSA) is 71.4 Å². The van der Waals surface area contributed by atoms with Crippen molar-refractivity contribution in [2.24, 2.45) is 0 Å². The summed E-state index contributed by atoms with van der Waals surface area (Å²) in [4.78, 5) is 0. The van der Waals surface area contributed by atoms with Crippen molar-refractivity contribution in [1.82, 2.24) is 0 Å². The molecule has 0 aliphatic heterocycles. The van der Waals surface area contributed by atoms with E-state index in [1.54, 1.807) is 0 Å². The summed E-state index contributed by atoms with van der Waals surface area (Å²) < 4.78 is 1.41. The molecule has 0 atom stereocenters. The molecule has 105 valence electrons. The second-order valence-corrected chi connectivity index (χ2v) is 5.65. The first kappa shape index (κ1) is 23.1. The van der Waals surface area contributed by atoms with E-state index < -0.39 is 0 Å². The van der Waals surface area contributed by atoms with Gasteiger partial charge in [0.1, 0.15) is 0 Å². The Morgan fingerprint density at radius 1 is 0.889 bits per heavy atom. The average molecular weight is 290 g/mol. The molecule has 1 aliphatic rings. The second kappa shape index (κ2) is 16.9. The van der Waals surface area contributed by atoms with Gasteiger partial charge in [-0.15, -0.1) is 18.1 Å². The summed E-state index contributed by atoms with van der Waals surface area (Å²) in [6, 6.07) is 0.250. The zero-order chi connectivity index (χ0) is 15.1. The maximum atomic E-state index is 6.58. The summed E-state index contributed by atoms with van der Waals surface area (Å²) in [5, 5.41) is 0. The molecule has 18 heavy (non-hydrogen) atoms. The molecule has 0 bridgehead atoms. The van der Waals surface area contributed by atoms with Crippen LogP contribution in [0.4, 0.5) is 0 Å². The van der Waals surface area contributed by atoms with Crippen molar-refractivity contribution < 1.29 is 17.4 Å². The van der Waals surface area contributed by atoms with Gasteiger partial charge in [-0.2, -0.15) is 0 Å². The Morgan fingerprint density at radius 2 is 1.17 bits per heavy atom. The second-order valence-electron chi connectivity index (χ2n) is 4.75. The summed E-state index contributed by atoms with van der Waals surface area (Å²) in [5.41, 5.74) is 19.8. The van der Waals surface area contributed by atoms with Gasteiger partial charge in [0.25, 0.3) is 0 Å². The molecule has 3 nitrogen and oxygen atoms in total.